The number of aromatic nitrogens is 2. The summed E-state index contributed by atoms with van der Waals surface area (Å²) < 4.78 is 5.02. The molecule has 0 spiro atoms. The first-order valence-corrected chi connectivity index (χ1v) is 9.66. The quantitative estimate of drug-likeness (QED) is 0.432. The molecule has 2 N–H and O–H groups in total. The number of pyridine rings is 1. The number of nitrogens with zero attached hydrogens (tertiary/aromatic N) is 2. The van der Waals surface area contributed by atoms with Crippen LogP contribution in [0.5, 0.6) is 0 Å². The lowest BCUT2D eigenvalue weighted by Crippen LogP contribution is -2.26. The molecule has 29 heavy (non-hydrogen) atoms. The molecular formula is C22H19ClN4O2. The van der Waals surface area contributed by atoms with E-state index in [1.807, 2.05) is 54.6 Å². The first-order chi connectivity index (χ1) is 14.2. The molecule has 1 amide bonds. The van der Waals surface area contributed by atoms with Gasteiger partial charge in [0.25, 0.3) is 5.91 Å². The summed E-state index contributed by atoms with van der Waals surface area (Å²) in [7, 11) is 0. The van der Waals surface area contributed by atoms with E-state index in [2.05, 4.69) is 20.8 Å². The van der Waals surface area contributed by atoms with E-state index >= 15 is 0 Å². The summed E-state index contributed by atoms with van der Waals surface area (Å²) in [5.41, 5.74) is 3.65. The molecule has 7 heteroatoms. The average molecular weight is 407 g/mol. The smallest absolute Gasteiger partial charge is 0.256 e. The number of halogens is 1. The number of rotatable bonds is 7. The van der Waals surface area contributed by atoms with Gasteiger partial charge in [0.15, 0.2) is 0 Å². The van der Waals surface area contributed by atoms with Crippen molar-refractivity contribution >= 4 is 34.1 Å². The van der Waals surface area contributed by atoms with Crippen LogP contribution in [0.2, 0.25) is 5.02 Å². The highest BCUT2D eigenvalue weighted by atomic mass is 35.5. The van der Waals surface area contributed by atoms with E-state index in [0.29, 0.717) is 29.4 Å². The molecular weight excluding hydrogens is 388 g/mol. The third-order valence-electron chi connectivity index (χ3n) is 4.52. The molecule has 2 aromatic carbocycles. The molecule has 146 valence electrons. The number of anilines is 1. The molecule has 0 radical (unpaired) electrons. The van der Waals surface area contributed by atoms with Crippen LogP contribution in [0.25, 0.3) is 22.2 Å². The molecule has 0 atom stereocenters. The molecule has 0 aliphatic heterocycles. The SMILES string of the molecule is O=C(NCCCNc1ccnc2cc(Cl)ccc12)c1conc1-c1ccccc1. The van der Waals surface area contributed by atoms with Crippen molar-refractivity contribution in [2.24, 2.45) is 0 Å². The second-order valence-electron chi connectivity index (χ2n) is 6.50. The summed E-state index contributed by atoms with van der Waals surface area (Å²) in [5, 5.41) is 11.9. The lowest BCUT2D eigenvalue weighted by Gasteiger charge is -2.10. The normalized spacial score (nSPS) is 10.8. The van der Waals surface area contributed by atoms with E-state index in [1.165, 1.54) is 6.26 Å². The van der Waals surface area contributed by atoms with Crippen molar-refractivity contribution < 1.29 is 9.32 Å². The van der Waals surface area contributed by atoms with Gasteiger partial charge in [0.2, 0.25) is 0 Å². The van der Waals surface area contributed by atoms with Crippen LogP contribution in [0.15, 0.2) is 71.6 Å². The van der Waals surface area contributed by atoms with E-state index in [1.54, 1.807) is 6.20 Å². The van der Waals surface area contributed by atoms with Gasteiger partial charge in [-0.2, -0.15) is 0 Å². The molecule has 0 saturated carbocycles. The van der Waals surface area contributed by atoms with E-state index < -0.39 is 0 Å². The van der Waals surface area contributed by atoms with Crippen molar-refractivity contribution in [1.29, 1.82) is 0 Å². The van der Waals surface area contributed by atoms with Crippen LogP contribution < -0.4 is 10.6 Å². The van der Waals surface area contributed by atoms with Gasteiger partial charge in [-0.05, 0) is 30.7 Å². The Morgan fingerprint density at radius 2 is 1.93 bits per heavy atom. The van der Waals surface area contributed by atoms with Gasteiger partial charge in [-0.15, -0.1) is 0 Å². The zero-order chi connectivity index (χ0) is 20.1. The van der Waals surface area contributed by atoms with Crippen LogP contribution in [0, 0.1) is 0 Å². The van der Waals surface area contributed by atoms with Crippen LogP contribution in [0.4, 0.5) is 5.69 Å². The number of benzene rings is 2. The predicted molar refractivity (Wildman–Crippen MR) is 114 cm³/mol. The molecule has 4 rings (SSSR count). The van der Waals surface area contributed by atoms with Crippen molar-refractivity contribution in [3.8, 4) is 11.3 Å². The van der Waals surface area contributed by atoms with Gasteiger partial charge >= 0.3 is 0 Å². The van der Waals surface area contributed by atoms with Crippen LogP contribution in [-0.4, -0.2) is 29.1 Å². The molecule has 0 unspecified atom stereocenters. The average Bonchev–Trinajstić information content (AvgIpc) is 3.24. The maximum atomic E-state index is 12.5. The highest BCUT2D eigenvalue weighted by Gasteiger charge is 2.16. The minimum atomic E-state index is -0.200. The topological polar surface area (TPSA) is 80.0 Å². The Labute approximate surface area is 172 Å². The Bertz CT molecular complexity index is 1130. The highest BCUT2D eigenvalue weighted by Crippen LogP contribution is 2.24. The minimum absolute atomic E-state index is 0.200. The number of hydrogen-bond acceptors (Lipinski definition) is 5. The number of fused-ring (bicyclic) bond motifs is 1. The summed E-state index contributed by atoms with van der Waals surface area (Å²) in [6.45, 7) is 1.23. The standard InChI is InChI=1S/C22H19ClN4O2/c23-16-7-8-17-19(9-12-25-20(17)13-16)24-10-4-11-26-22(28)18-14-29-27-21(18)15-5-2-1-3-6-15/h1-3,5-9,12-14H,4,10-11H2,(H,24,25)(H,26,28). The van der Waals surface area contributed by atoms with Crippen LogP contribution >= 0.6 is 11.6 Å². The number of nitrogens with one attached hydrogen (secondary N) is 2. The largest absolute Gasteiger partial charge is 0.384 e. The molecule has 0 aliphatic carbocycles. The number of amides is 1. The molecule has 0 saturated heterocycles. The fraction of sp³-hybridized carbons (Fsp3) is 0.136. The van der Waals surface area contributed by atoms with Gasteiger partial charge in [-0.3, -0.25) is 9.78 Å². The minimum Gasteiger partial charge on any atom is -0.384 e. The summed E-state index contributed by atoms with van der Waals surface area (Å²) in [6.07, 6.45) is 3.89. The molecule has 0 fully saturated rings. The monoisotopic (exact) mass is 406 g/mol. The van der Waals surface area contributed by atoms with Crippen molar-refractivity contribution in [2.75, 3.05) is 18.4 Å². The molecule has 2 heterocycles. The first-order valence-electron chi connectivity index (χ1n) is 9.28. The predicted octanol–water partition coefficient (Wildman–Crippen LogP) is 4.78. The van der Waals surface area contributed by atoms with E-state index in [-0.39, 0.29) is 5.91 Å². The Morgan fingerprint density at radius 3 is 2.79 bits per heavy atom. The second kappa shape index (κ2) is 8.75. The fourth-order valence-corrected chi connectivity index (χ4v) is 3.25. The van der Waals surface area contributed by atoms with Gasteiger partial charge in [0, 0.05) is 40.9 Å². The third kappa shape index (κ3) is 4.38. The Hall–Kier alpha value is -3.38. The van der Waals surface area contributed by atoms with E-state index in [0.717, 1.165) is 28.6 Å². The van der Waals surface area contributed by atoms with Crippen LogP contribution in [0.3, 0.4) is 0 Å². The van der Waals surface area contributed by atoms with Gasteiger partial charge in [-0.1, -0.05) is 47.1 Å². The van der Waals surface area contributed by atoms with Gasteiger partial charge < -0.3 is 15.2 Å². The summed E-state index contributed by atoms with van der Waals surface area (Å²) in [4.78, 5) is 16.8. The lowest BCUT2D eigenvalue weighted by atomic mass is 10.1. The Morgan fingerprint density at radius 1 is 1.07 bits per heavy atom. The van der Waals surface area contributed by atoms with Crippen molar-refractivity contribution in [3.63, 3.8) is 0 Å². The third-order valence-corrected chi connectivity index (χ3v) is 4.76. The number of carbonyl (C=O) groups is 1. The molecule has 4 aromatic rings. The van der Waals surface area contributed by atoms with Gasteiger partial charge in [-0.25, -0.2) is 0 Å². The lowest BCUT2D eigenvalue weighted by molar-refractivity contribution is 0.0953. The van der Waals surface area contributed by atoms with Gasteiger partial charge in [0.05, 0.1) is 5.52 Å². The van der Waals surface area contributed by atoms with Crippen molar-refractivity contribution in [3.05, 3.63) is 77.6 Å². The zero-order valence-electron chi connectivity index (χ0n) is 15.6. The maximum absolute atomic E-state index is 12.5. The first kappa shape index (κ1) is 19.0. The Kier molecular flexibility index (Phi) is 5.72. The summed E-state index contributed by atoms with van der Waals surface area (Å²) >= 11 is 6.03. The van der Waals surface area contributed by atoms with Crippen molar-refractivity contribution in [1.82, 2.24) is 15.5 Å². The van der Waals surface area contributed by atoms with Crippen LogP contribution in [-0.2, 0) is 0 Å². The molecule has 6 nitrogen and oxygen atoms in total. The van der Waals surface area contributed by atoms with Crippen molar-refractivity contribution in [2.45, 2.75) is 6.42 Å². The van der Waals surface area contributed by atoms with Crippen LogP contribution in [0.1, 0.15) is 16.8 Å². The maximum Gasteiger partial charge on any atom is 0.256 e. The number of hydrogen-bond donors (Lipinski definition) is 2. The zero-order valence-corrected chi connectivity index (χ0v) is 16.3. The van der Waals surface area contributed by atoms with Gasteiger partial charge in [0.1, 0.15) is 17.5 Å². The molecule has 2 aromatic heterocycles. The second-order valence-corrected chi connectivity index (χ2v) is 6.94. The van der Waals surface area contributed by atoms with E-state index in [9.17, 15) is 4.79 Å². The fourth-order valence-electron chi connectivity index (χ4n) is 3.09. The van der Waals surface area contributed by atoms with E-state index in [4.69, 9.17) is 16.1 Å². The molecule has 0 aliphatic rings. The number of carbonyl (C=O) groups excluding carboxylic acids is 1. The summed E-state index contributed by atoms with van der Waals surface area (Å²) in [6, 6.07) is 17.1. The molecule has 0 bridgehead atoms. The summed E-state index contributed by atoms with van der Waals surface area (Å²) in [5.74, 6) is -0.200. The highest BCUT2D eigenvalue weighted by molar-refractivity contribution is 6.31. The Balaban J connectivity index is 1.31.